The number of amides is 1. The lowest BCUT2D eigenvalue weighted by Gasteiger charge is -2.27. The van der Waals surface area contributed by atoms with Gasteiger partial charge in [0.15, 0.2) is 15.0 Å². The van der Waals surface area contributed by atoms with Crippen LogP contribution in [0.1, 0.15) is 22.3 Å². The summed E-state index contributed by atoms with van der Waals surface area (Å²) in [6, 6.07) is 9.94. The number of aromatic nitrogens is 1. The molecule has 1 aliphatic rings. The average molecular weight is 504 g/mol. The molecule has 0 bridgehead atoms. The van der Waals surface area contributed by atoms with Gasteiger partial charge in [-0.15, -0.1) is 0 Å². The first-order chi connectivity index (χ1) is 16.3. The first-order valence-corrected chi connectivity index (χ1v) is 13.8. The topological polar surface area (TPSA) is 89.0 Å². The van der Waals surface area contributed by atoms with Crippen molar-refractivity contribution >= 4 is 42.4 Å². The molecule has 8 nitrogen and oxygen atoms in total. The molecule has 1 aliphatic heterocycles. The van der Waals surface area contributed by atoms with E-state index in [0.717, 1.165) is 61.3 Å². The second kappa shape index (κ2) is 10.4. The Bertz CT molecular complexity index is 1270. The summed E-state index contributed by atoms with van der Waals surface area (Å²) in [6.07, 6.45) is 1.93. The molecule has 0 spiro atoms. The first-order valence-electron chi connectivity index (χ1n) is 11.1. The van der Waals surface area contributed by atoms with E-state index in [4.69, 9.17) is 14.5 Å². The lowest BCUT2D eigenvalue weighted by molar-refractivity contribution is 0.0376. The van der Waals surface area contributed by atoms with Gasteiger partial charge in [-0.2, -0.15) is 0 Å². The third-order valence-corrected chi connectivity index (χ3v) is 8.22. The van der Waals surface area contributed by atoms with E-state index in [2.05, 4.69) is 4.90 Å². The van der Waals surface area contributed by atoms with Crippen molar-refractivity contribution in [1.82, 2.24) is 9.88 Å². The highest BCUT2D eigenvalue weighted by Gasteiger charge is 2.24. The molecule has 0 atom stereocenters. The fourth-order valence-electron chi connectivity index (χ4n) is 3.94. The molecule has 0 aliphatic carbocycles. The number of rotatable bonds is 8. The molecule has 1 saturated heterocycles. The number of benzene rings is 2. The molecule has 0 radical (unpaired) electrons. The van der Waals surface area contributed by atoms with Crippen LogP contribution in [0, 0.1) is 6.92 Å². The maximum atomic E-state index is 13.6. The standard InChI is InChI=1S/C24H29N3O5S2/c1-17-5-10-20(31-2)21-22(17)33-24(25-21)27(12-4-11-26-13-15-32-16-14-26)23(28)18-6-8-19(9-7-18)34(3,29)30/h5-10H,4,11-16H2,1-3H3. The molecule has 0 saturated carbocycles. The van der Waals surface area contributed by atoms with Crippen LogP contribution < -0.4 is 9.64 Å². The number of ether oxygens (including phenoxy) is 2. The largest absolute Gasteiger partial charge is 0.494 e. The van der Waals surface area contributed by atoms with Crippen molar-refractivity contribution in [3.63, 3.8) is 0 Å². The molecular weight excluding hydrogens is 474 g/mol. The van der Waals surface area contributed by atoms with Crippen LogP contribution in [-0.2, 0) is 14.6 Å². The molecule has 1 amide bonds. The second-order valence-corrected chi connectivity index (χ2v) is 11.3. The van der Waals surface area contributed by atoms with Gasteiger partial charge in [-0.1, -0.05) is 17.4 Å². The predicted molar refractivity (Wildman–Crippen MR) is 134 cm³/mol. The molecule has 2 heterocycles. The van der Waals surface area contributed by atoms with Crippen molar-refractivity contribution in [3.8, 4) is 5.75 Å². The SMILES string of the molecule is COc1ccc(C)c2sc(N(CCCN3CCOCC3)C(=O)c3ccc(S(C)(=O)=O)cc3)nc12. The number of methoxy groups -OCH3 is 1. The molecule has 1 aromatic heterocycles. The van der Waals surface area contributed by atoms with Crippen LogP contribution in [0.5, 0.6) is 5.75 Å². The van der Waals surface area contributed by atoms with Gasteiger partial charge in [0.1, 0.15) is 11.3 Å². The number of carbonyl (C=O) groups is 1. The highest BCUT2D eigenvalue weighted by Crippen LogP contribution is 2.37. The van der Waals surface area contributed by atoms with Crippen molar-refractivity contribution < 1.29 is 22.7 Å². The van der Waals surface area contributed by atoms with Gasteiger partial charge < -0.3 is 9.47 Å². The summed E-state index contributed by atoms with van der Waals surface area (Å²) in [7, 11) is -1.73. The number of thiazole rings is 1. The summed E-state index contributed by atoms with van der Waals surface area (Å²) in [5.74, 6) is 0.457. The molecule has 3 aromatic rings. The van der Waals surface area contributed by atoms with Gasteiger partial charge in [0.05, 0.1) is 29.9 Å². The third-order valence-electron chi connectivity index (χ3n) is 5.88. The molecule has 0 unspecified atom stereocenters. The highest BCUT2D eigenvalue weighted by atomic mass is 32.2. The van der Waals surface area contributed by atoms with Gasteiger partial charge in [0.2, 0.25) is 0 Å². The van der Waals surface area contributed by atoms with Crippen molar-refractivity contribution in [2.75, 3.05) is 57.7 Å². The Morgan fingerprint density at radius 3 is 2.53 bits per heavy atom. The number of fused-ring (bicyclic) bond motifs is 1. The van der Waals surface area contributed by atoms with Crippen LogP contribution in [0.3, 0.4) is 0 Å². The fourth-order valence-corrected chi connectivity index (χ4v) is 5.65. The minimum absolute atomic E-state index is 0.184. The van der Waals surface area contributed by atoms with Gasteiger partial charge >= 0.3 is 0 Å². The Morgan fingerprint density at radius 1 is 1.18 bits per heavy atom. The Labute approximate surface area is 204 Å². The maximum Gasteiger partial charge on any atom is 0.260 e. The van der Waals surface area contributed by atoms with Gasteiger partial charge in [-0.3, -0.25) is 14.6 Å². The van der Waals surface area contributed by atoms with E-state index in [1.165, 1.54) is 23.5 Å². The van der Waals surface area contributed by atoms with Crippen LogP contribution in [-0.4, -0.2) is 77.0 Å². The second-order valence-electron chi connectivity index (χ2n) is 8.32. The van der Waals surface area contributed by atoms with Gasteiger partial charge in [0.25, 0.3) is 5.91 Å². The Balaban J connectivity index is 1.64. The monoisotopic (exact) mass is 503 g/mol. The van der Waals surface area contributed by atoms with E-state index < -0.39 is 9.84 Å². The van der Waals surface area contributed by atoms with Gasteiger partial charge in [-0.25, -0.2) is 13.4 Å². The van der Waals surface area contributed by atoms with Crippen LogP contribution in [0.25, 0.3) is 10.2 Å². The Kier molecular flexibility index (Phi) is 7.51. The number of sulfone groups is 1. The molecular formula is C24H29N3O5S2. The fraction of sp³-hybridized carbons (Fsp3) is 0.417. The van der Waals surface area contributed by atoms with E-state index in [1.54, 1.807) is 24.1 Å². The summed E-state index contributed by atoms with van der Waals surface area (Å²) >= 11 is 1.46. The minimum atomic E-state index is -3.34. The van der Waals surface area contributed by atoms with Crippen LogP contribution in [0.2, 0.25) is 0 Å². The van der Waals surface area contributed by atoms with Crippen LogP contribution >= 0.6 is 11.3 Å². The summed E-state index contributed by atoms with van der Waals surface area (Å²) in [5, 5.41) is 0.599. The predicted octanol–water partition coefficient (Wildman–Crippen LogP) is 3.39. The zero-order valence-electron chi connectivity index (χ0n) is 19.6. The van der Waals surface area contributed by atoms with E-state index in [1.807, 2.05) is 19.1 Å². The number of morpholine rings is 1. The summed E-state index contributed by atoms with van der Waals surface area (Å²) in [5.41, 5.74) is 2.22. The van der Waals surface area contributed by atoms with E-state index in [-0.39, 0.29) is 10.8 Å². The van der Waals surface area contributed by atoms with E-state index >= 15 is 0 Å². The van der Waals surface area contributed by atoms with Crippen molar-refractivity contribution in [2.24, 2.45) is 0 Å². The zero-order valence-corrected chi connectivity index (χ0v) is 21.2. The number of hydrogen-bond donors (Lipinski definition) is 0. The smallest absolute Gasteiger partial charge is 0.260 e. The number of aryl methyl sites for hydroxylation is 1. The molecule has 2 aromatic carbocycles. The molecule has 0 N–H and O–H groups in total. The molecule has 182 valence electrons. The van der Waals surface area contributed by atoms with Crippen LogP contribution in [0.15, 0.2) is 41.3 Å². The average Bonchev–Trinajstić information content (AvgIpc) is 3.28. The summed E-state index contributed by atoms with van der Waals surface area (Å²) in [6.45, 7) is 6.59. The number of carbonyl (C=O) groups excluding carboxylic acids is 1. The van der Waals surface area contributed by atoms with Crippen LogP contribution in [0.4, 0.5) is 5.13 Å². The van der Waals surface area contributed by atoms with Crippen molar-refractivity contribution in [1.29, 1.82) is 0 Å². The van der Waals surface area contributed by atoms with Gasteiger partial charge in [-0.05, 0) is 49.2 Å². The quantitative estimate of drug-likeness (QED) is 0.466. The molecule has 34 heavy (non-hydrogen) atoms. The van der Waals surface area contributed by atoms with Crippen molar-refractivity contribution in [2.45, 2.75) is 18.2 Å². The number of anilines is 1. The maximum absolute atomic E-state index is 13.6. The third kappa shape index (κ3) is 5.41. The summed E-state index contributed by atoms with van der Waals surface area (Å²) in [4.78, 5) is 22.6. The van der Waals surface area contributed by atoms with Crippen molar-refractivity contribution in [3.05, 3.63) is 47.5 Å². The molecule has 1 fully saturated rings. The molecule has 10 heteroatoms. The lowest BCUT2D eigenvalue weighted by Crippen LogP contribution is -2.39. The first kappa shape index (κ1) is 24.6. The number of nitrogens with zero attached hydrogens (tertiary/aromatic N) is 3. The van der Waals surface area contributed by atoms with E-state index in [9.17, 15) is 13.2 Å². The summed E-state index contributed by atoms with van der Waals surface area (Å²) < 4.78 is 35.5. The molecule has 4 rings (SSSR count). The minimum Gasteiger partial charge on any atom is -0.494 e. The zero-order chi connectivity index (χ0) is 24.3. The highest BCUT2D eigenvalue weighted by molar-refractivity contribution is 7.90. The Hall–Kier alpha value is -2.53. The van der Waals surface area contributed by atoms with E-state index in [0.29, 0.717) is 23.0 Å². The number of hydrogen-bond acceptors (Lipinski definition) is 8. The lowest BCUT2D eigenvalue weighted by atomic mass is 10.2. The van der Waals surface area contributed by atoms with Gasteiger partial charge in [0, 0.05) is 38.0 Å². The normalized spacial score (nSPS) is 14.9. The Morgan fingerprint density at radius 2 is 1.88 bits per heavy atom.